The molecule has 4 heteroatoms. The average molecular weight is 266 g/mol. The third-order valence-corrected chi connectivity index (χ3v) is 4.08. The zero-order chi connectivity index (χ0) is 13.9. The Balaban J connectivity index is 1.77. The number of nitrogens with one attached hydrogen (secondary N) is 1. The quantitative estimate of drug-likeness (QED) is 0.877. The maximum absolute atomic E-state index is 8.81. The Morgan fingerprint density at radius 1 is 1.15 bits per heavy atom. The Morgan fingerprint density at radius 2 is 1.85 bits per heavy atom. The summed E-state index contributed by atoms with van der Waals surface area (Å²) in [7, 11) is 0. The topological polar surface area (TPSA) is 78.5 Å². The third-order valence-electron chi connectivity index (χ3n) is 4.08. The van der Waals surface area contributed by atoms with Crippen molar-refractivity contribution < 1.29 is 0 Å². The van der Waals surface area contributed by atoms with Crippen molar-refractivity contribution in [3.8, 4) is 17.3 Å². The molecule has 0 unspecified atom stereocenters. The highest BCUT2D eigenvalue weighted by Crippen LogP contribution is 2.31. The molecule has 102 valence electrons. The van der Waals surface area contributed by atoms with Crippen LogP contribution in [-0.4, -0.2) is 16.0 Å². The van der Waals surface area contributed by atoms with E-state index in [4.69, 9.17) is 11.0 Å². The predicted molar refractivity (Wildman–Crippen MR) is 77.9 cm³/mol. The number of rotatable bonds is 2. The van der Waals surface area contributed by atoms with Gasteiger partial charge in [0.15, 0.2) is 0 Å². The first kappa shape index (κ1) is 12.9. The van der Waals surface area contributed by atoms with Crippen molar-refractivity contribution in [2.24, 2.45) is 5.73 Å². The van der Waals surface area contributed by atoms with Gasteiger partial charge in [0.05, 0.1) is 23.5 Å². The molecule has 1 aromatic carbocycles. The molecule has 0 spiro atoms. The van der Waals surface area contributed by atoms with E-state index in [0.717, 1.165) is 42.8 Å². The van der Waals surface area contributed by atoms with Crippen LogP contribution in [0.1, 0.15) is 43.0 Å². The summed E-state index contributed by atoms with van der Waals surface area (Å²) in [5.41, 5.74) is 8.70. The van der Waals surface area contributed by atoms with Crippen LogP contribution >= 0.6 is 0 Å². The molecule has 0 aliphatic heterocycles. The standard InChI is InChI=1S/C16H18N4/c17-9-11-1-3-12(4-2-11)15-10-19-16(20-15)13-5-7-14(18)8-6-13/h1-4,10,13-14H,5-8,18H2,(H,19,20). The Morgan fingerprint density at radius 3 is 2.50 bits per heavy atom. The van der Waals surface area contributed by atoms with Gasteiger partial charge in [-0.2, -0.15) is 5.26 Å². The van der Waals surface area contributed by atoms with Crippen LogP contribution in [0, 0.1) is 11.3 Å². The summed E-state index contributed by atoms with van der Waals surface area (Å²) in [6, 6.07) is 10.0. The lowest BCUT2D eigenvalue weighted by molar-refractivity contribution is 0.386. The molecule has 4 nitrogen and oxygen atoms in total. The van der Waals surface area contributed by atoms with Gasteiger partial charge in [-0.05, 0) is 43.4 Å². The van der Waals surface area contributed by atoms with Crippen molar-refractivity contribution in [1.29, 1.82) is 5.26 Å². The Kier molecular flexibility index (Phi) is 3.53. The molecule has 0 radical (unpaired) electrons. The number of benzene rings is 1. The number of imidazole rings is 1. The molecule has 20 heavy (non-hydrogen) atoms. The Bertz CT molecular complexity index is 613. The highest BCUT2D eigenvalue weighted by Gasteiger charge is 2.22. The molecule has 3 rings (SSSR count). The van der Waals surface area contributed by atoms with E-state index in [1.165, 1.54) is 0 Å². The second kappa shape index (κ2) is 5.48. The lowest BCUT2D eigenvalue weighted by Gasteiger charge is -2.24. The molecule has 1 aromatic heterocycles. The summed E-state index contributed by atoms with van der Waals surface area (Å²) in [6.07, 6.45) is 6.27. The monoisotopic (exact) mass is 266 g/mol. The van der Waals surface area contributed by atoms with Gasteiger partial charge in [0.2, 0.25) is 0 Å². The van der Waals surface area contributed by atoms with Gasteiger partial charge in [0, 0.05) is 12.0 Å². The molecule has 1 saturated carbocycles. The second-order valence-electron chi connectivity index (χ2n) is 5.48. The van der Waals surface area contributed by atoms with Crippen LogP contribution in [0.2, 0.25) is 0 Å². The van der Waals surface area contributed by atoms with Gasteiger partial charge >= 0.3 is 0 Å². The van der Waals surface area contributed by atoms with Gasteiger partial charge in [-0.1, -0.05) is 12.1 Å². The molecule has 0 saturated heterocycles. The number of H-pyrrole nitrogens is 1. The van der Waals surface area contributed by atoms with Crippen LogP contribution in [0.25, 0.3) is 11.3 Å². The number of hydrogen-bond donors (Lipinski definition) is 2. The van der Waals surface area contributed by atoms with Crippen molar-refractivity contribution in [1.82, 2.24) is 9.97 Å². The molecule has 2 aromatic rings. The maximum atomic E-state index is 8.81. The summed E-state index contributed by atoms with van der Waals surface area (Å²) >= 11 is 0. The largest absolute Gasteiger partial charge is 0.342 e. The van der Waals surface area contributed by atoms with E-state index in [0.29, 0.717) is 17.5 Å². The number of nitrogens with two attached hydrogens (primary N) is 1. The van der Waals surface area contributed by atoms with Gasteiger partial charge < -0.3 is 10.7 Å². The molecule has 0 amide bonds. The highest BCUT2D eigenvalue weighted by molar-refractivity contribution is 5.59. The third kappa shape index (κ3) is 2.59. The summed E-state index contributed by atoms with van der Waals surface area (Å²) in [6.45, 7) is 0. The Hall–Kier alpha value is -2.12. The van der Waals surface area contributed by atoms with E-state index in [2.05, 4.69) is 16.0 Å². The fourth-order valence-electron chi connectivity index (χ4n) is 2.81. The smallest absolute Gasteiger partial charge is 0.109 e. The fourth-order valence-corrected chi connectivity index (χ4v) is 2.81. The van der Waals surface area contributed by atoms with E-state index in [1.54, 1.807) is 0 Å². The lowest BCUT2D eigenvalue weighted by atomic mass is 9.86. The normalized spacial score (nSPS) is 22.4. The van der Waals surface area contributed by atoms with E-state index in [-0.39, 0.29) is 0 Å². The van der Waals surface area contributed by atoms with Crippen molar-refractivity contribution in [3.05, 3.63) is 41.9 Å². The fraction of sp³-hybridized carbons (Fsp3) is 0.375. The highest BCUT2D eigenvalue weighted by atomic mass is 14.9. The number of nitriles is 1. The molecular formula is C16H18N4. The molecular weight excluding hydrogens is 248 g/mol. The van der Waals surface area contributed by atoms with Gasteiger partial charge in [-0.15, -0.1) is 0 Å². The molecule has 0 atom stereocenters. The summed E-state index contributed by atoms with van der Waals surface area (Å²) < 4.78 is 0. The first-order chi connectivity index (χ1) is 9.76. The van der Waals surface area contributed by atoms with Crippen molar-refractivity contribution >= 4 is 0 Å². The van der Waals surface area contributed by atoms with Crippen molar-refractivity contribution in [2.75, 3.05) is 0 Å². The number of nitrogens with zero attached hydrogens (tertiary/aromatic N) is 2. The Labute approximate surface area is 118 Å². The first-order valence-electron chi connectivity index (χ1n) is 7.07. The SMILES string of the molecule is N#Cc1ccc(-c2cnc(C3CCC(N)CC3)[nH]2)cc1. The maximum Gasteiger partial charge on any atom is 0.109 e. The van der Waals surface area contributed by atoms with Crippen LogP contribution in [0.4, 0.5) is 0 Å². The molecule has 1 heterocycles. The minimum Gasteiger partial charge on any atom is -0.342 e. The number of aromatic nitrogens is 2. The number of aromatic amines is 1. The van der Waals surface area contributed by atoms with E-state index < -0.39 is 0 Å². The second-order valence-corrected chi connectivity index (χ2v) is 5.48. The van der Waals surface area contributed by atoms with Gasteiger partial charge in [-0.25, -0.2) is 4.98 Å². The zero-order valence-electron chi connectivity index (χ0n) is 11.3. The minimum absolute atomic E-state index is 0.360. The number of hydrogen-bond acceptors (Lipinski definition) is 3. The van der Waals surface area contributed by atoms with Crippen LogP contribution in [0.15, 0.2) is 30.5 Å². The molecule has 1 aliphatic rings. The van der Waals surface area contributed by atoms with Gasteiger partial charge in [0.25, 0.3) is 0 Å². The molecule has 1 fully saturated rings. The molecule has 3 N–H and O–H groups in total. The van der Waals surface area contributed by atoms with Crippen LogP contribution < -0.4 is 5.73 Å². The van der Waals surface area contributed by atoms with Crippen molar-refractivity contribution in [3.63, 3.8) is 0 Å². The first-order valence-corrected chi connectivity index (χ1v) is 7.07. The van der Waals surface area contributed by atoms with Crippen LogP contribution in [-0.2, 0) is 0 Å². The van der Waals surface area contributed by atoms with Crippen LogP contribution in [0.3, 0.4) is 0 Å². The van der Waals surface area contributed by atoms with Crippen molar-refractivity contribution in [2.45, 2.75) is 37.6 Å². The zero-order valence-corrected chi connectivity index (χ0v) is 11.3. The van der Waals surface area contributed by atoms with Gasteiger partial charge in [-0.3, -0.25) is 0 Å². The summed E-state index contributed by atoms with van der Waals surface area (Å²) in [5, 5.41) is 8.81. The minimum atomic E-state index is 0.360. The van der Waals surface area contributed by atoms with E-state index >= 15 is 0 Å². The lowest BCUT2D eigenvalue weighted by Crippen LogP contribution is -2.26. The van der Waals surface area contributed by atoms with E-state index in [1.807, 2.05) is 30.5 Å². The summed E-state index contributed by atoms with van der Waals surface area (Å²) in [4.78, 5) is 7.94. The predicted octanol–water partition coefficient (Wildman–Crippen LogP) is 2.93. The van der Waals surface area contributed by atoms with Crippen LogP contribution in [0.5, 0.6) is 0 Å². The average Bonchev–Trinajstić information content (AvgIpc) is 2.98. The molecule has 0 bridgehead atoms. The van der Waals surface area contributed by atoms with E-state index in [9.17, 15) is 0 Å². The summed E-state index contributed by atoms with van der Waals surface area (Å²) in [5.74, 6) is 1.57. The van der Waals surface area contributed by atoms with Gasteiger partial charge in [0.1, 0.15) is 5.82 Å². The molecule has 1 aliphatic carbocycles.